The molecule has 1 N–H and O–H groups in total. The number of aryl methyl sites for hydroxylation is 2. The van der Waals surface area contributed by atoms with Crippen LogP contribution < -0.4 is 0 Å². The number of hydrogen-bond acceptors (Lipinski definition) is 5. The van der Waals surface area contributed by atoms with Gasteiger partial charge in [-0.15, -0.1) is 0 Å². The van der Waals surface area contributed by atoms with Crippen LogP contribution in [-0.2, 0) is 0 Å². The Morgan fingerprint density at radius 1 is 1.41 bits per heavy atom. The van der Waals surface area contributed by atoms with Crippen molar-refractivity contribution in [3.05, 3.63) is 41.4 Å². The first-order chi connectivity index (χ1) is 13.0. The lowest BCUT2D eigenvalue weighted by molar-refractivity contribution is 0.0734. The van der Waals surface area contributed by atoms with E-state index in [-0.39, 0.29) is 11.9 Å². The molecule has 1 aliphatic rings. The van der Waals surface area contributed by atoms with E-state index in [1.165, 1.54) is 0 Å². The van der Waals surface area contributed by atoms with E-state index in [0.29, 0.717) is 18.8 Å². The second kappa shape index (κ2) is 6.47. The number of likely N-dealkylation sites (N-methyl/N-ethyl adjacent to an activating group) is 1. The normalized spacial score (nSPS) is 16.7. The van der Waals surface area contributed by atoms with Crippen molar-refractivity contribution in [2.45, 2.75) is 26.3 Å². The van der Waals surface area contributed by atoms with Crippen LogP contribution in [0.1, 0.15) is 28.4 Å². The minimum absolute atomic E-state index is 0.0569. The summed E-state index contributed by atoms with van der Waals surface area (Å²) in [5.41, 5.74) is 4.29. The molecular weight excluding hydrogens is 342 g/mol. The number of nitrogens with one attached hydrogen (secondary N) is 1. The van der Waals surface area contributed by atoms with Gasteiger partial charge in [-0.05, 0) is 38.0 Å². The van der Waals surface area contributed by atoms with Crippen LogP contribution in [0.3, 0.4) is 0 Å². The molecule has 138 valence electrons. The van der Waals surface area contributed by atoms with Crippen LogP contribution in [0, 0.1) is 25.3 Å². The number of aromatic amines is 1. The molecule has 0 unspecified atom stereocenters. The van der Waals surface area contributed by atoms with Crippen LogP contribution in [-0.4, -0.2) is 52.0 Å². The monoisotopic (exact) mass is 363 g/mol. The van der Waals surface area contributed by atoms with Crippen LogP contribution in [0.15, 0.2) is 28.8 Å². The van der Waals surface area contributed by atoms with Gasteiger partial charge in [0.1, 0.15) is 11.5 Å². The van der Waals surface area contributed by atoms with Gasteiger partial charge >= 0.3 is 0 Å². The van der Waals surface area contributed by atoms with Gasteiger partial charge in [0.2, 0.25) is 0 Å². The van der Waals surface area contributed by atoms with Crippen LogP contribution in [0.5, 0.6) is 0 Å². The van der Waals surface area contributed by atoms with E-state index < -0.39 is 0 Å². The lowest BCUT2D eigenvalue weighted by Gasteiger charge is -2.23. The van der Waals surface area contributed by atoms with Crippen LogP contribution >= 0.6 is 0 Å². The Morgan fingerprint density at radius 3 is 2.89 bits per heavy atom. The number of rotatable bonds is 3. The SMILES string of the molecule is Cc1noc(C)c1-c1ccc2cc(C(=O)N(C)[C@@H]3CCN(C#N)C3)[nH]c2c1. The maximum Gasteiger partial charge on any atom is 0.270 e. The summed E-state index contributed by atoms with van der Waals surface area (Å²) in [5, 5.41) is 14.0. The molecule has 27 heavy (non-hydrogen) atoms. The molecule has 1 aliphatic heterocycles. The molecule has 1 fully saturated rings. The van der Waals surface area contributed by atoms with Crippen molar-refractivity contribution < 1.29 is 9.32 Å². The fourth-order valence-electron chi connectivity index (χ4n) is 3.80. The Labute approximate surface area is 157 Å². The number of hydrogen-bond donors (Lipinski definition) is 1. The first kappa shape index (κ1) is 17.2. The molecule has 0 saturated carbocycles. The Bertz CT molecular complexity index is 1040. The Balaban J connectivity index is 1.62. The molecule has 4 rings (SSSR count). The van der Waals surface area contributed by atoms with E-state index in [1.807, 2.05) is 38.1 Å². The average Bonchev–Trinajstić information content (AvgIpc) is 3.38. The van der Waals surface area contributed by atoms with Crippen LogP contribution in [0.4, 0.5) is 0 Å². The predicted molar refractivity (Wildman–Crippen MR) is 101 cm³/mol. The minimum Gasteiger partial charge on any atom is -0.361 e. The Morgan fingerprint density at radius 2 is 2.22 bits per heavy atom. The van der Waals surface area contributed by atoms with Crippen molar-refractivity contribution in [1.29, 1.82) is 5.26 Å². The van der Waals surface area contributed by atoms with Crippen molar-refractivity contribution in [3.8, 4) is 17.3 Å². The standard InChI is InChI=1S/C20H21N5O2/c1-12-19(13(2)27-23-12)15-5-4-14-8-18(22-17(14)9-15)20(26)24(3)16-6-7-25(10-16)11-21/h4-5,8-9,16,22H,6-7,10H2,1-3H3/t16-/m1/s1. The molecule has 0 aliphatic carbocycles. The number of fused-ring (bicyclic) bond motifs is 1. The largest absolute Gasteiger partial charge is 0.361 e. The molecule has 0 spiro atoms. The lowest BCUT2D eigenvalue weighted by Crippen LogP contribution is -2.38. The third-order valence-electron chi connectivity index (χ3n) is 5.35. The second-order valence-corrected chi connectivity index (χ2v) is 7.09. The van der Waals surface area contributed by atoms with Gasteiger partial charge in [0.25, 0.3) is 5.91 Å². The number of amides is 1. The maximum atomic E-state index is 12.9. The second-order valence-electron chi connectivity index (χ2n) is 7.09. The zero-order valence-corrected chi connectivity index (χ0v) is 15.6. The van der Waals surface area contributed by atoms with Crippen molar-refractivity contribution in [1.82, 2.24) is 19.9 Å². The van der Waals surface area contributed by atoms with Gasteiger partial charge in [0.05, 0.1) is 11.7 Å². The molecule has 0 bridgehead atoms. The number of benzene rings is 1. The topological polar surface area (TPSA) is 89.2 Å². The molecule has 2 aromatic heterocycles. The van der Waals surface area contributed by atoms with Gasteiger partial charge in [-0.25, -0.2) is 0 Å². The smallest absolute Gasteiger partial charge is 0.270 e. The van der Waals surface area contributed by atoms with Gasteiger partial charge in [0.15, 0.2) is 6.19 Å². The zero-order valence-electron chi connectivity index (χ0n) is 15.6. The van der Waals surface area contributed by atoms with E-state index >= 15 is 0 Å². The molecule has 1 amide bonds. The van der Waals surface area contributed by atoms with Gasteiger partial charge in [-0.1, -0.05) is 17.3 Å². The summed E-state index contributed by atoms with van der Waals surface area (Å²) >= 11 is 0. The van der Waals surface area contributed by atoms with Crippen molar-refractivity contribution in [2.24, 2.45) is 0 Å². The summed E-state index contributed by atoms with van der Waals surface area (Å²) in [6.07, 6.45) is 2.96. The summed E-state index contributed by atoms with van der Waals surface area (Å²) < 4.78 is 5.26. The Hall–Kier alpha value is -3.27. The fraction of sp³-hybridized carbons (Fsp3) is 0.350. The van der Waals surface area contributed by atoms with E-state index in [1.54, 1.807) is 16.8 Å². The highest BCUT2D eigenvalue weighted by Crippen LogP contribution is 2.30. The summed E-state index contributed by atoms with van der Waals surface area (Å²) in [5.74, 6) is 0.715. The van der Waals surface area contributed by atoms with E-state index in [4.69, 9.17) is 9.78 Å². The van der Waals surface area contributed by atoms with E-state index in [0.717, 1.165) is 39.9 Å². The maximum absolute atomic E-state index is 12.9. The molecule has 3 aromatic rings. The van der Waals surface area contributed by atoms with Gasteiger partial charge in [-0.3, -0.25) is 4.79 Å². The minimum atomic E-state index is -0.0603. The molecule has 1 aromatic carbocycles. The number of carbonyl (C=O) groups excluding carboxylic acids is 1. The third-order valence-corrected chi connectivity index (χ3v) is 5.35. The molecule has 1 atom stereocenters. The number of aromatic nitrogens is 2. The molecular formula is C20H21N5O2. The van der Waals surface area contributed by atoms with E-state index in [9.17, 15) is 4.79 Å². The highest BCUT2D eigenvalue weighted by atomic mass is 16.5. The summed E-state index contributed by atoms with van der Waals surface area (Å²) in [6.45, 7) is 5.10. The zero-order chi connectivity index (χ0) is 19.1. The number of nitrogens with zero attached hydrogens (tertiary/aromatic N) is 4. The third kappa shape index (κ3) is 2.93. The highest BCUT2D eigenvalue weighted by molar-refractivity contribution is 5.99. The summed E-state index contributed by atoms with van der Waals surface area (Å²) in [7, 11) is 1.80. The summed E-state index contributed by atoms with van der Waals surface area (Å²) in [4.78, 5) is 19.6. The first-order valence-corrected chi connectivity index (χ1v) is 8.95. The number of H-pyrrole nitrogens is 1. The van der Waals surface area contributed by atoms with Crippen LogP contribution in [0.2, 0.25) is 0 Å². The average molecular weight is 363 g/mol. The van der Waals surface area contributed by atoms with Gasteiger partial charge in [-0.2, -0.15) is 5.26 Å². The number of likely N-dealkylation sites (tertiary alicyclic amines) is 1. The fourth-order valence-corrected chi connectivity index (χ4v) is 3.80. The molecule has 3 heterocycles. The van der Waals surface area contributed by atoms with Crippen molar-refractivity contribution in [2.75, 3.05) is 20.1 Å². The van der Waals surface area contributed by atoms with E-state index in [2.05, 4.69) is 16.3 Å². The number of nitriles is 1. The van der Waals surface area contributed by atoms with Crippen molar-refractivity contribution >= 4 is 16.8 Å². The molecule has 7 nitrogen and oxygen atoms in total. The quantitative estimate of drug-likeness (QED) is 0.723. The predicted octanol–water partition coefficient (Wildman–Crippen LogP) is 3.07. The Kier molecular flexibility index (Phi) is 4.11. The molecule has 7 heteroatoms. The van der Waals surface area contributed by atoms with Crippen LogP contribution in [0.25, 0.3) is 22.0 Å². The lowest BCUT2D eigenvalue weighted by atomic mass is 10.0. The van der Waals surface area contributed by atoms with Crippen molar-refractivity contribution in [3.63, 3.8) is 0 Å². The highest BCUT2D eigenvalue weighted by Gasteiger charge is 2.29. The van der Waals surface area contributed by atoms with Gasteiger partial charge in [0, 0.05) is 36.6 Å². The summed E-state index contributed by atoms with van der Waals surface area (Å²) in [6, 6.07) is 7.97. The first-order valence-electron chi connectivity index (χ1n) is 8.95. The molecule has 0 radical (unpaired) electrons. The van der Waals surface area contributed by atoms with Gasteiger partial charge < -0.3 is 19.3 Å². The number of carbonyl (C=O) groups is 1. The molecule has 1 saturated heterocycles.